The Balaban J connectivity index is 2.27. The first-order valence-electron chi connectivity index (χ1n) is 4.77. The van der Waals surface area contributed by atoms with Crippen LogP contribution in [0.4, 0.5) is 0 Å². The monoisotopic (exact) mass is 218 g/mol. The minimum atomic E-state index is 0.768. The highest BCUT2D eigenvalue weighted by Gasteiger charge is 2.11. The number of rotatable bonds is 0. The summed E-state index contributed by atoms with van der Waals surface area (Å²) in [5.74, 6) is 0.927. The molecule has 0 bridgehead atoms. The maximum absolute atomic E-state index is 5.50. The van der Waals surface area contributed by atoms with E-state index in [2.05, 4.69) is 28.5 Å². The molecular weight excluding hydrogens is 208 g/mol. The van der Waals surface area contributed by atoms with Crippen molar-refractivity contribution in [2.45, 2.75) is 6.54 Å². The molecule has 4 heteroatoms. The minimum Gasteiger partial charge on any atom is -0.408 e. The first-order chi connectivity index (χ1) is 7.45. The van der Waals surface area contributed by atoms with Crippen molar-refractivity contribution >= 4 is 23.0 Å². The van der Waals surface area contributed by atoms with Gasteiger partial charge in [-0.15, -0.1) is 0 Å². The normalized spacial score (nSPS) is 15.5. The maximum atomic E-state index is 5.50. The summed E-state index contributed by atoms with van der Waals surface area (Å²) in [6.07, 6.45) is 0. The van der Waals surface area contributed by atoms with Gasteiger partial charge in [-0.2, -0.15) is 4.83 Å². The molecule has 0 atom stereocenters. The number of hydrogen-bond donors (Lipinski definition) is 2. The van der Waals surface area contributed by atoms with E-state index in [1.807, 2.05) is 18.2 Å². The highest BCUT2D eigenvalue weighted by molar-refractivity contribution is 7.93. The van der Waals surface area contributed by atoms with Crippen LogP contribution in [0.2, 0.25) is 0 Å². The summed E-state index contributed by atoms with van der Waals surface area (Å²) in [5, 5.41) is 2.49. The molecule has 0 saturated heterocycles. The molecule has 1 aliphatic heterocycles. The van der Waals surface area contributed by atoms with Crippen molar-refractivity contribution in [2.24, 2.45) is 0 Å². The van der Waals surface area contributed by atoms with Crippen molar-refractivity contribution in [1.29, 1.82) is 0 Å². The SMILES string of the molecule is c1ccc2c3c(ccc2c1)OSNNC3. The fourth-order valence-corrected chi connectivity index (χ4v) is 2.21. The van der Waals surface area contributed by atoms with Gasteiger partial charge >= 0.3 is 0 Å². The molecule has 3 rings (SSSR count). The molecule has 1 aliphatic rings. The van der Waals surface area contributed by atoms with Crippen LogP contribution in [-0.4, -0.2) is 0 Å². The molecule has 3 nitrogen and oxygen atoms in total. The molecule has 1 heterocycles. The molecular formula is C11H10N2OS. The Morgan fingerprint density at radius 3 is 3.07 bits per heavy atom. The summed E-state index contributed by atoms with van der Waals surface area (Å²) < 4.78 is 5.50. The van der Waals surface area contributed by atoms with Crippen LogP contribution in [0.15, 0.2) is 36.4 Å². The average molecular weight is 218 g/mol. The Hall–Kier alpha value is -1.23. The molecule has 0 aliphatic carbocycles. The lowest BCUT2D eigenvalue weighted by atomic mass is 10.0. The van der Waals surface area contributed by atoms with E-state index in [-0.39, 0.29) is 0 Å². The van der Waals surface area contributed by atoms with Gasteiger partial charge in [0.1, 0.15) is 5.75 Å². The second kappa shape index (κ2) is 3.73. The predicted octanol–water partition coefficient (Wildman–Crippen LogP) is 2.39. The molecule has 0 amide bonds. The van der Waals surface area contributed by atoms with Gasteiger partial charge in [0.2, 0.25) is 0 Å². The van der Waals surface area contributed by atoms with Crippen LogP contribution in [0.3, 0.4) is 0 Å². The van der Waals surface area contributed by atoms with Gasteiger partial charge in [-0.05, 0) is 16.8 Å². The van der Waals surface area contributed by atoms with Crippen LogP contribution in [0.5, 0.6) is 5.75 Å². The van der Waals surface area contributed by atoms with Gasteiger partial charge in [0.25, 0.3) is 0 Å². The number of hydrazine groups is 1. The van der Waals surface area contributed by atoms with Crippen molar-refractivity contribution < 1.29 is 4.18 Å². The van der Waals surface area contributed by atoms with E-state index in [1.54, 1.807) is 0 Å². The van der Waals surface area contributed by atoms with Crippen LogP contribution >= 0.6 is 12.2 Å². The fourth-order valence-electron chi connectivity index (χ4n) is 1.80. The lowest BCUT2D eigenvalue weighted by Crippen LogP contribution is -2.23. The van der Waals surface area contributed by atoms with Crippen molar-refractivity contribution in [3.63, 3.8) is 0 Å². The van der Waals surface area contributed by atoms with Gasteiger partial charge in [-0.1, -0.05) is 30.3 Å². The van der Waals surface area contributed by atoms with E-state index in [1.165, 1.54) is 28.6 Å². The van der Waals surface area contributed by atoms with Gasteiger partial charge in [0.05, 0.1) is 0 Å². The van der Waals surface area contributed by atoms with Crippen molar-refractivity contribution in [3.8, 4) is 5.75 Å². The lowest BCUT2D eigenvalue weighted by molar-refractivity contribution is 0.638. The van der Waals surface area contributed by atoms with Crippen LogP contribution in [0.1, 0.15) is 5.56 Å². The predicted molar refractivity (Wildman–Crippen MR) is 62.1 cm³/mol. The summed E-state index contributed by atoms with van der Waals surface area (Å²) in [4.78, 5) is 2.90. The van der Waals surface area contributed by atoms with Crippen molar-refractivity contribution in [3.05, 3.63) is 42.0 Å². The largest absolute Gasteiger partial charge is 0.408 e. The van der Waals surface area contributed by atoms with E-state index >= 15 is 0 Å². The van der Waals surface area contributed by atoms with Gasteiger partial charge in [0, 0.05) is 12.1 Å². The summed E-state index contributed by atoms with van der Waals surface area (Å²) in [5.41, 5.74) is 4.28. The van der Waals surface area contributed by atoms with E-state index < -0.39 is 0 Å². The molecule has 2 aromatic rings. The zero-order valence-corrected chi connectivity index (χ0v) is 8.80. The molecule has 2 aromatic carbocycles. The Morgan fingerprint density at radius 1 is 1.13 bits per heavy atom. The third-order valence-corrected chi connectivity index (χ3v) is 3.00. The lowest BCUT2D eigenvalue weighted by Gasteiger charge is -2.07. The van der Waals surface area contributed by atoms with Gasteiger partial charge < -0.3 is 4.18 Å². The van der Waals surface area contributed by atoms with E-state index in [0.717, 1.165) is 12.3 Å². The average Bonchev–Trinajstić information content (AvgIpc) is 2.54. The van der Waals surface area contributed by atoms with E-state index in [4.69, 9.17) is 4.18 Å². The number of nitrogens with one attached hydrogen (secondary N) is 2. The quantitative estimate of drug-likeness (QED) is 0.525. The molecule has 0 fully saturated rings. The van der Waals surface area contributed by atoms with E-state index in [0.29, 0.717) is 0 Å². The molecule has 76 valence electrons. The third kappa shape index (κ3) is 1.56. The molecule has 0 aromatic heterocycles. The smallest absolute Gasteiger partial charge is 0.159 e. The van der Waals surface area contributed by atoms with Crippen LogP contribution in [0.25, 0.3) is 10.8 Å². The van der Waals surface area contributed by atoms with Crippen molar-refractivity contribution in [1.82, 2.24) is 10.3 Å². The van der Waals surface area contributed by atoms with Crippen LogP contribution < -0.4 is 14.4 Å². The summed E-state index contributed by atoms with van der Waals surface area (Å²) in [6, 6.07) is 12.4. The highest BCUT2D eigenvalue weighted by atomic mass is 32.2. The zero-order chi connectivity index (χ0) is 10.1. The maximum Gasteiger partial charge on any atom is 0.159 e. The third-order valence-electron chi connectivity index (χ3n) is 2.51. The standard InChI is InChI=1S/C11H10N2OS/c1-2-4-9-8(3-1)5-6-11-10(9)7-12-13-15-14-11/h1-6,12-13H,7H2. The molecule has 2 N–H and O–H groups in total. The summed E-state index contributed by atoms with van der Waals surface area (Å²) >= 11 is 1.21. The minimum absolute atomic E-state index is 0.768. The Morgan fingerprint density at radius 2 is 2.07 bits per heavy atom. The van der Waals surface area contributed by atoms with Gasteiger partial charge in [0.15, 0.2) is 12.2 Å². The Bertz CT molecular complexity index is 501. The van der Waals surface area contributed by atoms with Gasteiger partial charge in [-0.3, -0.25) is 0 Å². The fraction of sp³-hybridized carbons (Fsp3) is 0.0909. The first-order valence-corrected chi connectivity index (χ1v) is 5.51. The van der Waals surface area contributed by atoms with Crippen LogP contribution in [-0.2, 0) is 6.54 Å². The number of fused-ring (bicyclic) bond motifs is 3. The zero-order valence-electron chi connectivity index (χ0n) is 7.99. The molecule has 0 radical (unpaired) electrons. The molecule has 0 saturated carbocycles. The Kier molecular flexibility index (Phi) is 2.25. The van der Waals surface area contributed by atoms with Crippen molar-refractivity contribution in [2.75, 3.05) is 0 Å². The molecule has 0 unspecified atom stereocenters. The molecule has 0 spiro atoms. The molecule has 15 heavy (non-hydrogen) atoms. The first kappa shape index (κ1) is 9.03. The highest BCUT2D eigenvalue weighted by Crippen LogP contribution is 2.30. The number of hydrogen-bond acceptors (Lipinski definition) is 4. The van der Waals surface area contributed by atoms with Crippen LogP contribution in [0, 0.1) is 0 Å². The number of benzene rings is 2. The topological polar surface area (TPSA) is 33.3 Å². The van der Waals surface area contributed by atoms with E-state index in [9.17, 15) is 0 Å². The van der Waals surface area contributed by atoms with Gasteiger partial charge in [-0.25, -0.2) is 5.43 Å². The second-order valence-electron chi connectivity index (χ2n) is 3.39. The second-order valence-corrected chi connectivity index (χ2v) is 3.92. The summed E-state index contributed by atoms with van der Waals surface area (Å²) in [6.45, 7) is 0.768. The summed E-state index contributed by atoms with van der Waals surface area (Å²) in [7, 11) is 0. The Labute approximate surface area is 92.1 Å².